The summed E-state index contributed by atoms with van der Waals surface area (Å²) in [6.45, 7) is 2.06. The number of nitrogens with zero attached hydrogens (tertiary/aromatic N) is 2. The second-order valence-corrected chi connectivity index (χ2v) is 12.3. The van der Waals surface area contributed by atoms with Gasteiger partial charge in [0.15, 0.2) is 0 Å². The first-order valence-electron chi connectivity index (χ1n) is 13.1. The molecular weight excluding hydrogens is 643 g/mol. The summed E-state index contributed by atoms with van der Waals surface area (Å²) in [5.74, 6) is -3.36. The number of thioether (sulfide) groups is 1. The summed E-state index contributed by atoms with van der Waals surface area (Å²) in [4.78, 5) is 41.7. The normalized spacial score (nSPS) is 16.6. The van der Waals surface area contributed by atoms with Gasteiger partial charge in [0.1, 0.15) is 10.1 Å². The molecule has 2 saturated heterocycles. The number of anilines is 2. The van der Waals surface area contributed by atoms with Gasteiger partial charge in [-0.15, -0.1) is 11.3 Å². The second kappa shape index (κ2) is 13.1. The van der Waals surface area contributed by atoms with Crippen molar-refractivity contribution in [1.82, 2.24) is 4.90 Å². The molecule has 0 bridgehead atoms. The summed E-state index contributed by atoms with van der Waals surface area (Å²) < 4.78 is 58.6. The van der Waals surface area contributed by atoms with Gasteiger partial charge in [-0.1, -0.05) is 30.0 Å². The smallest absolute Gasteiger partial charge is 0.419 e. The van der Waals surface area contributed by atoms with Crippen molar-refractivity contribution in [3.8, 4) is 11.1 Å². The topological polar surface area (TPSA) is 99.2 Å². The highest BCUT2D eigenvalue weighted by molar-refractivity contribution is 8.26. The molecule has 15 heteroatoms. The zero-order valence-corrected chi connectivity index (χ0v) is 25.1. The second-order valence-electron chi connectivity index (χ2n) is 9.70. The van der Waals surface area contributed by atoms with Gasteiger partial charge in [0.25, 0.3) is 5.91 Å². The van der Waals surface area contributed by atoms with Crippen LogP contribution in [-0.2, 0) is 20.5 Å². The quantitative estimate of drug-likeness (QED) is 0.164. The van der Waals surface area contributed by atoms with Crippen LogP contribution in [0.1, 0.15) is 27.2 Å². The average molecular weight is 666 g/mol. The summed E-state index contributed by atoms with van der Waals surface area (Å²) in [7, 11) is 0. The molecule has 0 saturated carbocycles. The Morgan fingerprint density at radius 3 is 2.55 bits per heavy atom. The third-order valence-electron chi connectivity index (χ3n) is 6.80. The molecule has 0 radical (unpaired) electrons. The number of benzene rings is 2. The van der Waals surface area contributed by atoms with Gasteiger partial charge in [0.2, 0.25) is 5.91 Å². The lowest BCUT2D eigenvalue weighted by Gasteiger charge is -2.30. The number of aromatic carboxylic acids is 1. The van der Waals surface area contributed by atoms with E-state index in [1.807, 2.05) is 4.90 Å². The fourth-order valence-electron chi connectivity index (χ4n) is 4.63. The van der Waals surface area contributed by atoms with Crippen LogP contribution in [0.4, 0.5) is 28.9 Å². The van der Waals surface area contributed by atoms with E-state index in [2.05, 4.69) is 5.32 Å². The van der Waals surface area contributed by atoms with E-state index < -0.39 is 35.3 Å². The summed E-state index contributed by atoms with van der Waals surface area (Å²) in [5.41, 5.74) is 0.127. The standard InChI is InChI=1S/C29H23F4N3O5S3/c30-22-3-1-16(12-21(22)29(31,32)33)17-11-19(43-15-17)14-24-26(38)36(28(42)44-24)6-5-25(37)34-18-2-4-23(20(13-18)27(39)40)35-7-9-41-10-8-35/h1-4,11-15H,5-10H2,(H,34,37)(H,39,40)/b24-14-. The number of halogens is 4. The first kappa shape index (κ1) is 31.6. The Hall–Kier alpha value is -3.79. The Bertz CT molecular complexity index is 1670. The van der Waals surface area contributed by atoms with Crippen LogP contribution >= 0.6 is 35.3 Å². The fraction of sp³-hybridized carbons (Fsp3) is 0.241. The highest BCUT2D eigenvalue weighted by Crippen LogP contribution is 2.37. The number of carboxylic acid groups (broad SMARTS) is 1. The molecule has 2 aliphatic heterocycles. The van der Waals surface area contributed by atoms with Crippen LogP contribution in [0.2, 0.25) is 0 Å². The number of ether oxygens (including phenoxy) is 1. The number of carbonyl (C=O) groups is 3. The van der Waals surface area contributed by atoms with E-state index in [9.17, 15) is 37.1 Å². The number of alkyl halides is 3. The average Bonchev–Trinajstić information content (AvgIpc) is 3.55. The number of amides is 2. The van der Waals surface area contributed by atoms with Crippen molar-refractivity contribution in [2.24, 2.45) is 0 Å². The molecule has 2 aliphatic rings. The monoisotopic (exact) mass is 665 g/mol. The van der Waals surface area contributed by atoms with Gasteiger partial charge in [0, 0.05) is 36.6 Å². The van der Waals surface area contributed by atoms with Crippen molar-refractivity contribution in [2.45, 2.75) is 12.6 Å². The number of thiocarbonyl (C=S) groups is 1. The molecule has 1 aromatic heterocycles. The van der Waals surface area contributed by atoms with E-state index >= 15 is 0 Å². The lowest BCUT2D eigenvalue weighted by atomic mass is 10.0. The van der Waals surface area contributed by atoms with E-state index in [1.54, 1.807) is 29.7 Å². The van der Waals surface area contributed by atoms with E-state index in [1.165, 1.54) is 28.4 Å². The zero-order valence-electron chi connectivity index (χ0n) is 22.7. The fourth-order valence-corrected chi connectivity index (χ4v) is 6.85. The molecule has 0 aliphatic carbocycles. The van der Waals surface area contributed by atoms with E-state index in [4.69, 9.17) is 17.0 Å². The van der Waals surface area contributed by atoms with Gasteiger partial charge in [-0.2, -0.15) is 13.2 Å². The number of thiophene rings is 1. The van der Waals surface area contributed by atoms with Crippen LogP contribution in [0.15, 0.2) is 52.7 Å². The molecule has 3 heterocycles. The van der Waals surface area contributed by atoms with Crippen LogP contribution in [0.5, 0.6) is 0 Å². The van der Waals surface area contributed by atoms with Crippen molar-refractivity contribution in [3.63, 3.8) is 0 Å². The van der Waals surface area contributed by atoms with E-state index in [-0.39, 0.29) is 33.3 Å². The highest BCUT2D eigenvalue weighted by Gasteiger charge is 2.35. The van der Waals surface area contributed by atoms with Gasteiger partial charge < -0.3 is 20.1 Å². The molecule has 5 rings (SSSR count). The molecular formula is C29H23F4N3O5S3. The summed E-state index contributed by atoms with van der Waals surface area (Å²) in [6, 6.07) is 8.99. The Labute approximate surface area is 262 Å². The van der Waals surface area contributed by atoms with Crippen LogP contribution in [-0.4, -0.2) is 65.0 Å². The number of carbonyl (C=O) groups excluding carboxylic acids is 2. The van der Waals surface area contributed by atoms with Crippen molar-refractivity contribution in [1.29, 1.82) is 0 Å². The first-order valence-corrected chi connectivity index (χ1v) is 15.2. The first-order chi connectivity index (χ1) is 20.9. The predicted octanol–water partition coefficient (Wildman–Crippen LogP) is 6.34. The minimum Gasteiger partial charge on any atom is -0.478 e. The Balaban J connectivity index is 1.21. The summed E-state index contributed by atoms with van der Waals surface area (Å²) in [5, 5.41) is 14.0. The maximum atomic E-state index is 13.7. The number of rotatable bonds is 8. The van der Waals surface area contributed by atoms with Gasteiger partial charge in [-0.25, -0.2) is 9.18 Å². The number of hydrogen-bond acceptors (Lipinski definition) is 8. The summed E-state index contributed by atoms with van der Waals surface area (Å²) in [6.07, 6.45) is -3.38. The maximum Gasteiger partial charge on any atom is 0.419 e. The van der Waals surface area contributed by atoms with Crippen LogP contribution < -0.4 is 10.2 Å². The Morgan fingerprint density at radius 1 is 1.09 bits per heavy atom. The lowest BCUT2D eigenvalue weighted by molar-refractivity contribution is -0.140. The number of morpholine rings is 1. The van der Waals surface area contributed by atoms with Gasteiger partial charge in [-0.3, -0.25) is 14.5 Å². The number of carboxylic acids is 1. The molecule has 44 heavy (non-hydrogen) atoms. The molecule has 2 fully saturated rings. The molecule has 8 nitrogen and oxygen atoms in total. The van der Waals surface area contributed by atoms with Gasteiger partial charge in [-0.05, 0) is 59.0 Å². The molecule has 3 aromatic rings. The molecule has 2 amide bonds. The third kappa shape index (κ3) is 7.12. The minimum absolute atomic E-state index is 0.0169. The number of hydrogen-bond donors (Lipinski definition) is 2. The van der Waals surface area contributed by atoms with Crippen molar-refractivity contribution in [2.75, 3.05) is 43.1 Å². The lowest BCUT2D eigenvalue weighted by Crippen LogP contribution is -2.37. The largest absolute Gasteiger partial charge is 0.478 e. The van der Waals surface area contributed by atoms with Gasteiger partial charge >= 0.3 is 12.1 Å². The van der Waals surface area contributed by atoms with E-state index in [0.717, 1.165) is 23.9 Å². The van der Waals surface area contributed by atoms with Crippen LogP contribution in [0.3, 0.4) is 0 Å². The van der Waals surface area contributed by atoms with Gasteiger partial charge in [0.05, 0.1) is 34.9 Å². The highest BCUT2D eigenvalue weighted by atomic mass is 32.2. The number of nitrogens with one attached hydrogen (secondary N) is 1. The maximum absolute atomic E-state index is 13.7. The predicted molar refractivity (Wildman–Crippen MR) is 164 cm³/mol. The van der Waals surface area contributed by atoms with Crippen molar-refractivity contribution in [3.05, 3.63) is 74.6 Å². The SMILES string of the molecule is O=C(CCN1C(=O)/C(=C/c2cc(-c3ccc(F)c(C(F)(F)F)c3)cs2)SC1=S)Nc1ccc(N2CCOCC2)c(C(=O)O)c1. The molecule has 0 atom stereocenters. The third-order valence-corrected chi connectivity index (χ3v) is 9.05. The molecule has 2 N–H and O–H groups in total. The molecule has 2 aromatic carbocycles. The zero-order chi connectivity index (χ0) is 31.6. The van der Waals surface area contributed by atoms with Crippen LogP contribution in [0, 0.1) is 5.82 Å². The van der Waals surface area contributed by atoms with E-state index in [0.29, 0.717) is 48.1 Å². The molecule has 230 valence electrons. The van der Waals surface area contributed by atoms with Crippen molar-refractivity contribution < 1.29 is 41.8 Å². The Kier molecular flexibility index (Phi) is 9.39. The minimum atomic E-state index is -4.83. The van der Waals surface area contributed by atoms with Crippen molar-refractivity contribution >= 4 is 74.9 Å². The Morgan fingerprint density at radius 2 is 1.84 bits per heavy atom. The molecule has 0 unspecified atom stereocenters. The van der Waals surface area contributed by atoms with Crippen LogP contribution in [0.25, 0.3) is 17.2 Å². The summed E-state index contributed by atoms with van der Waals surface area (Å²) >= 11 is 7.56. The molecule has 0 spiro atoms.